The van der Waals surface area contributed by atoms with Gasteiger partial charge in [0, 0.05) is 21.4 Å². The van der Waals surface area contributed by atoms with E-state index in [-0.39, 0.29) is 12.5 Å². The summed E-state index contributed by atoms with van der Waals surface area (Å²) in [5, 5.41) is 13.4. The third-order valence-corrected chi connectivity index (χ3v) is 3.66. The third kappa shape index (κ3) is 4.35. The van der Waals surface area contributed by atoms with E-state index in [0.717, 1.165) is 10.4 Å². The number of methoxy groups -OCH3 is 1. The second kappa shape index (κ2) is 7.48. The quantitative estimate of drug-likeness (QED) is 0.850. The highest BCUT2D eigenvalue weighted by Crippen LogP contribution is 2.15. The summed E-state index contributed by atoms with van der Waals surface area (Å²) in [5.41, 5.74) is 1.41. The zero-order valence-electron chi connectivity index (χ0n) is 11.6. The molecule has 1 amide bonds. The molecule has 21 heavy (non-hydrogen) atoms. The zero-order valence-corrected chi connectivity index (χ0v) is 12.4. The molecule has 5 heteroatoms. The summed E-state index contributed by atoms with van der Waals surface area (Å²) in [7, 11) is 1.57. The average Bonchev–Trinajstić information content (AvgIpc) is 2.98. The summed E-state index contributed by atoms with van der Waals surface area (Å²) >= 11 is 1.52. The number of nitrogens with one attached hydrogen (secondary N) is 1. The van der Waals surface area contributed by atoms with Crippen LogP contribution in [0.2, 0.25) is 0 Å². The van der Waals surface area contributed by atoms with Gasteiger partial charge in [-0.15, -0.1) is 11.3 Å². The largest absolute Gasteiger partial charge is 0.497 e. The standard InChI is InChI=1S/C16H15NO3S/c1-20-14-6-2-5-13(9-14)16(19)17-10-15-8-12(11-21-15)4-3-7-18/h2,5-6,8-9,11,18H,7,10H2,1H3,(H,17,19). The molecule has 0 bridgehead atoms. The lowest BCUT2D eigenvalue weighted by molar-refractivity contribution is 0.0951. The molecule has 108 valence electrons. The van der Waals surface area contributed by atoms with Gasteiger partial charge >= 0.3 is 0 Å². The van der Waals surface area contributed by atoms with Crippen LogP contribution in [0.15, 0.2) is 35.7 Å². The molecule has 0 saturated heterocycles. The first-order chi connectivity index (χ1) is 10.2. The molecule has 0 atom stereocenters. The summed E-state index contributed by atoms with van der Waals surface area (Å²) in [4.78, 5) is 13.0. The number of aliphatic hydroxyl groups is 1. The minimum absolute atomic E-state index is 0.148. The van der Waals surface area contributed by atoms with Crippen LogP contribution in [-0.2, 0) is 6.54 Å². The number of rotatable bonds is 4. The van der Waals surface area contributed by atoms with Gasteiger partial charge in [0.05, 0.1) is 13.7 Å². The molecule has 0 fully saturated rings. The first-order valence-electron chi connectivity index (χ1n) is 6.32. The van der Waals surface area contributed by atoms with Gasteiger partial charge in [-0.2, -0.15) is 0 Å². The van der Waals surface area contributed by atoms with Crippen molar-refractivity contribution in [1.29, 1.82) is 0 Å². The fourth-order valence-electron chi connectivity index (χ4n) is 1.71. The Hall–Kier alpha value is -2.29. The second-order valence-electron chi connectivity index (χ2n) is 4.18. The van der Waals surface area contributed by atoms with Crippen LogP contribution in [0.4, 0.5) is 0 Å². The van der Waals surface area contributed by atoms with Gasteiger partial charge in [0.25, 0.3) is 5.91 Å². The van der Waals surface area contributed by atoms with Crippen molar-refractivity contribution in [2.45, 2.75) is 6.54 Å². The monoisotopic (exact) mass is 301 g/mol. The van der Waals surface area contributed by atoms with Gasteiger partial charge in [0.15, 0.2) is 0 Å². The maximum atomic E-state index is 12.0. The SMILES string of the molecule is COc1cccc(C(=O)NCc2cc(C#CCO)cs2)c1. The van der Waals surface area contributed by atoms with E-state index in [4.69, 9.17) is 9.84 Å². The van der Waals surface area contributed by atoms with E-state index in [1.54, 1.807) is 31.4 Å². The number of carbonyl (C=O) groups is 1. The van der Waals surface area contributed by atoms with Crippen LogP contribution in [-0.4, -0.2) is 24.7 Å². The Bertz CT molecular complexity index is 682. The summed E-state index contributed by atoms with van der Waals surface area (Å²) in [5.74, 6) is 5.93. The van der Waals surface area contributed by atoms with Crippen molar-refractivity contribution in [2.75, 3.05) is 13.7 Å². The molecule has 2 rings (SSSR count). The van der Waals surface area contributed by atoms with E-state index < -0.39 is 0 Å². The van der Waals surface area contributed by atoms with Crippen LogP contribution < -0.4 is 10.1 Å². The van der Waals surface area contributed by atoms with Crippen molar-refractivity contribution in [1.82, 2.24) is 5.32 Å². The van der Waals surface area contributed by atoms with E-state index in [1.807, 2.05) is 11.4 Å². The maximum Gasteiger partial charge on any atom is 0.251 e. The van der Waals surface area contributed by atoms with Crippen LogP contribution >= 0.6 is 11.3 Å². The molecule has 4 nitrogen and oxygen atoms in total. The molecule has 0 aliphatic rings. The molecule has 0 unspecified atom stereocenters. The molecule has 1 aromatic heterocycles. The van der Waals surface area contributed by atoms with Gasteiger partial charge in [0.1, 0.15) is 12.4 Å². The lowest BCUT2D eigenvalue weighted by Crippen LogP contribution is -2.22. The summed E-state index contributed by atoms with van der Waals surface area (Å²) < 4.78 is 5.10. The van der Waals surface area contributed by atoms with Crippen LogP contribution in [0.25, 0.3) is 0 Å². The zero-order chi connectivity index (χ0) is 15.1. The van der Waals surface area contributed by atoms with Crippen molar-refractivity contribution in [3.8, 4) is 17.6 Å². The average molecular weight is 301 g/mol. The predicted molar refractivity (Wildman–Crippen MR) is 82.4 cm³/mol. The highest BCUT2D eigenvalue weighted by Gasteiger charge is 2.07. The molecular weight excluding hydrogens is 286 g/mol. The molecule has 0 spiro atoms. The van der Waals surface area contributed by atoms with E-state index in [1.165, 1.54) is 11.3 Å². The Morgan fingerprint density at radius 2 is 2.29 bits per heavy atom. The minimum Gasteiger partial charge on any atom is -0.497 e. The Morgan fingerprint density at radius 1 is 1.43 bits per heavy atom. The first kappa shape index (κ1) is 15.1. The normalized spacial score (nSPS) is 9.62. The number of carbonyl (C=O) groups excluding carboxylic acids is 1. The smallest absolute Gasteiger partial charge is 0.251 e. The summed E-state index contributed by atoms with van der Waals surface area (Å²) in [6, 6.07) is 8.91. The van der Waals surface area contributed by atoms with Gasteiger partial charge in [-0.05, 0) is 24.3 Å². The Labute approximate surface area is 127 Å². The number of aliphatic hydroxyl groups excluding tert-OH is 1. The van der Waals surface area contributed by atoms with Gasteiger partial charge in [-0.25, -0.2) is 0 Å². The molecular formula is C16H15NO3S. The van der Waals surface area contributed by atoms with Crippen LogP contribution in [0, 0.1) is 11.8 Å². The molecule has 2 N–H and O–H groups in total. The number of hydrogen-bond donors (Lipinski definition) is 2. The lowest BCUT2D eigenvalue weighted by atomic mass is 10.2. The molecule has 0 radical (unpaired) electrons. The fourth-order valence-corrected chi connectivity index (χ4v) is 2.47. The van der Waals surface area contributed by atoms with Gasteiger partial charge < -0.3 is 15.2 Å². The summed E-state index contributed by atoms with van der Waals surface area (Å²) in [6.07, 6.45) is 0. The summed E-state index contributed by atoms with van der Waals surface area (Å²) in [6.45, 7) is 0.291. The Kier molecular flexibility index (Phi) is 5.38. The van der Waals surface area contributed by atoms with Gasteiger partial charge in [-0.1, -0.05) is 17.9 Å². The Balaban J connectivity index is 1.95. The minimum atomic E-state index is -0.155. The molecule has 0 aliphatic carbocycles. The van der Waals surface area contributed by atoms with Gasteiger partial charge in [0.2, 0.25) is 0 Å². The second-order valence-corrected chi connectivity index (χ2v) is 5.17. The lowest BCUT2D eigenvalue weighted by Gasteiger charge is -2.05. The van der Waals surface area contributed by atoms with Crippen molar-refractivity contribution in [2.24, 2.45) is 0 Å². The number of amides is 1. The Morgan fingerprint density at radius 3 is 3.05 bits per heavy atom. The third-order valence-electron chi connectivity index (χ3n) is 2.72. The molecule has 1 heterocycles. The maximum absolute atomic E-state index is 12.0. The van der Waals surface area contributed by atoms with Crippen molar-refractivity contribution in [3.05, 3.63) is 51.7 Å². The topological polar surface area (TPSA) is 58.6 Å². The number of ether oxygens (including phenoxy) is 1. The molecule has 2 aromatic rings. The van der Waals surface area contributed by atoms with Crippen LogP contribution in [0.3, 0.4) is 0 Å². The molecule has 1 aromatic carbocycles. The van der Waals surface area contributed by atoms with E-state index in [2.05, 4.69) is 17.2 Å². The number of thiophene rings is 1. The van der Waals surface area contributed by atoms with Crippen molar-refractivity contribution < 1.29 is 14.6 Å². The highest BCUT2D eigenvalue weighted by molar-refractivity contribution is 7.10. The fraction of sp³-hybridized carbons (Fsp3) is 0.188. The highest BCUT2D eigenvalue weighted by atomic mass is 32.1. The van der Waals surface area contributed by atoms with E-state index >= 15 is 0 Å². The number of hydrogen-bond acceptors (Lipinski definition) is 4. The van der Waals surface area contributed by atoms with E-state index in [9.17, 15) is 4.79 Å². The molecule has 0 aliphatic heterocycles. The molecule has 0 saturated carbocycles. The van der Waals surface area contributed by atoms with E-state index in [0.29, 0.717) is 17.9 Å². The van der Waals surface area contributed by atoms with Crippen molar-refractivity contribution >= 4 is 17.2 Å². The van der Waals surface area contributed by atoms with Gasteiger partial charge in [-0.3, -0.25) is 4.79 Å². The number of benzene rings is 1. The first-order valence-corrected chi connectivity index (χ1v) is 7.20. The predicted octanol–water partition coefficient (Wildman–Crippen LogP) is 2.03. The van der Waals surface area contributed by atoms with Crippen molar-refractivity contribution in [3.63, 3.8) is 0 Å². The van der Waals surface area contributed by atoms with Crippen LogP contribution in [0.5, 0.6) is 5.75 Å². The van der Waals surface area contributed by atoms with Crippen LogP contribution in [0.1, 0.15) is 20.8 Å².